The number of hydrogen-bond donors (Lipinski definition) is 1. The summed E-state index contributed by atoms with van der Waals surface area (Å²) in [5.41, 5.74) is 0.0578. The van der Waals surface area contributed by atoms with E-state index in [0.717, 1.165) is 10.4 Å². The molecule has 0 saturated heterocycles. The predicted molar refractivity (Wildman–Crippen MR) is 105 cm³/mol. The van der Waals surface area contributed by atoms with E-state index < -0.39 is 5.60 Å². The highest BCUT2D eigenvalue weighted by atomic mass is 35.5. The minimum atomic E-state index is -1.01. The van der Waals surface area contributed by atoms with Gasteiger partial charge in [0.2, 0.25) is 0 Å². The summed E-state index contributed by atoms with van der Waals surface area (Å²) in [4.78, 5) is 14.0. The molecule has 2 heterocycles. The van der Waals surface area contributed by atoms with Crippen LogP contribution >= 0.6 is 34.3 Å². The van der Waals surface area contributed by atoms with Crippen molar-refractivity contribution in [2.75, 3.05) is 0 Å². The van der Waals surface area contributed by atoms with E-state index in [-0.39, 0.29) is 11.9 Å². The van der Waals surface area contributed by atoms with E-state index in [4.69, 9.17) is 16.3 Å². The summed E-state index contributed by atoms with van der Waals surface area (Å²) in [6.45, 7) is 3.52. The van der Waals surface area contributed by atoms with Gasteiger partial charge in [-0.2, -0.15) is 11.3 Å². The Morgan fingerprint density at radius 2 is 1.92 bits per heavy atom. The minimum absolute atomic E-state index is 0.174. The highest BCUT2D eigenvalue weighted by Gasteiger charge is 2.32. The number of carbonyl (C=O) groups excluding carboxylic acids is 1. The summed E-state index contributed by atoms with van der Waals surface area (Å²) < 4.78 is 5.89. The maximum absolute atomic E-state index is 12.9. The molecule has 3 aromatic rings. The minimum Gasteiger partial charge on any atom is -0.478 e. The Bertz CT molecular complexity index is 778. The molecule has 1 atom stereocenters. The lowest BCUT2D eigenvalue weighted by atomic mass is 10.0. The van der Waals surface area contributed by atoms with Crippen LogP contribution in [0, 0.1) is 0 Å². The number of halogens is 1. The van der Waals surface area contributed by atoms with Crippen LogP contribution in [-0.4, -0.2) is 11.5 Å². The second-order valence-electron chi connectivity index (χ2n) is 6.04. The molecule has 0 aliphatic rings. The van der Waals surface area contributed by atoms with E-state index in [9.17, 15) is 4.79 Å². The Labute approximate surface area is 160 Å². The average molecular weight is 392 g/mol. The van der Waals surface area contributed by atoms with E-state index >= 15 is 0 Å². The second-order valence-corrected chi connectivity index (χ2v) is 8.24. The Hall–Kier alpha value is -1.82. The largest absolute Gasteiger partial charge is 0.478 e. The molecule has 0 bridgehead atoms. The summed E-state index contributed by atoms with van der Waals surface area (Å²) in [6, 6.07) is 12.9. The molecule has 0 aliphatic carbocycles. The second kappa shape index (κ2) is 7.60. The van der Waals surface area contributed by atoms with Gasteiger partial charge in [0.1, 0.15) is 5.75 Å². The third-order valence-corrected chi connectivity index (χ3v) is 5.60. The first-order valence-corrected chi connectivity index (χ1v) is 9.97. The first-order chi connectivity index (χ1) is 12.0. The summed E-state index contributed by atoms with van der Waals surface area (Å²) in [7, 11) is 0. The lowest BCUT2D eigenvalue weighted by Gasteiger charge is -2.28. The van der Waals surface area contributed by atoms with Gasteiger partial charge in [-0.3, -0.25) is 4.79 Å². The maximum Gasteiger partial charge on any atom is 0.264 e. The van der Waals surface area contributed by atoms with Crippen LogP contribution in [0.25, 0.3) is 0 Å². The Kier molecular flexibility index (Phi) is 5.47. The number of hydrogen-bond acceptors (Lipinski definition) is 4. The number of rotatable bonds is 6. The zero-order chi connectivity index (χ0) is 17.9. The molecular weight excluding hydrogens is 374 g/mol. The lowest BCUT2D eigenvalue weighted by molar-refractivity contribution is -0.134. The van der Waals surface area contributed by atoms with Crippen molar-refractivity contribution in [2.24, 2.45) is 0 Å². The third kappa shape index (κ3) is 4.42. The first-order valence-electron chi connectivity index (χ1n) is 7.77. The Morgan fingerprint density at radius 1 is 1.16 bits per heavy atom. The van der Waals surface area contributed by atoms with Crippen LogP contribution < -0.4 is 10.1 Å². The monoisotopic (exact) mass is 391 g/mol. The van der Waals surface area contributed by atoms with E-state index in [1.54, 1.807) is 60.8 Å². The summed E-state index contributed by atoms with van der Waals surface area (Å²) >= 11 is 9.13. The fraction of sp³-hybridized carbons (Fsp3) is 0.211. The molecule has 1 aromatic carbocycles. The normalized spacial score (nSPS) is 12.6. The van der Waals surface area contributed by atoms with Gasteiger partial charge in [0, 0.05) is 9.90 Å². The van der Waals surface area contributed by atoms with Crippen molar-refractivity contribution < 1.29 is 9.53 Å². The molecular formula is C19H18ClNO2S2. The van der Waals surface area contributed by atoms with Gasteiger partial charge in [-0.1, -0.05) is 17.7 Å². The molecule has 1 amide bonds. The summed E-state index contributed by atoms with van der Waals surface area (Å²) in [5.74, 6) is 0.430. The van der Waals surface area contributed by atoms with Crippen molar-refractivity contribution in [2.45, 2.75) is 25.5 Å². The summed E-state index contributed by atoms with van der Waals surface area (Å²) in [5, 5.41) is 9.83. The quantitative estimate of drug-likeness (QED) is 0.600. The van der Waals surface area contributed by atoms with Gasteiger partial charge in [0.15, 0.2) is 5.60 Å². The van der Waals surface area contributed by atoms with Gasteiger partial charge in [-0.15, -0.1) is 11.3 Å². The van der Waals surface area contributed by atoms with E-state index in [2.05, 4.69) is 10.7 Å². The molecule has 0 unspecified atom stereocenters. The highest BCUT2D eigenvalue weighted by molar-refractivity contribution is 7.10. The van der Waals surface area contributed by atoms with Crippen LogP contribution in [0.5, 0.6) is 5.75 Å². The van der Waals surface area contributed by atoms with Crippen molar-refractivity contribution in [3.8, 4) is 5.75 Å². The van der Waals surface area contributed by atoms with E-state index in [0.29, 0.717) is 10.8 Å². The molecule has 6 heteroatoms. The zero-order valence-electron chi connectivity index (χ0n) is 13.9. The van der Waals surface area contributed by atoms with Crippen molar-refractivity contribution in [3.05, 3.63) is 74.1 Å². The van der Waals surface area contributed by atoms with Gasteiger partial charge in [-0.05, 0) is 71.9 Å². The van der Waals surface area contributed by atoms with Crippen molar-refractivity contribution >= 4 is 40.2 Å². The molecule has 0 radical (unpaired) electrons. The molecule has 0 aliphatic heterocycles. The van der Waals surface area contributed by atoms with Crippen LogP contribution in [0.3, 0.4) is 0 Å². The smallest absolute Gasteiger partial charge is 0.264 e. The van der Waals surface area contributed by atoms with Crippen LogP contribution in [0.1, 0.15) is 30.3 Å². The molecule has 0 fully saturated rings. The molecule has 3 nitrogen and oxygen atoms in total. The number of amides is 1. The first kappa shape index (κ1) is 18.0. The van der Waals surface area contributed by atoms with Gasteiger partial charge in [-0.25, -0.2) is 0 Å². The summed E-state index contributed by atoms with van der Waals surface area (Å²) in [6.07, 6.45) is 0. The number of nitrogens with one attached hydrogen (secondary N) is 1. The number of ether oxygens (including phenoxy) is 1. The van der Waals surface area contributed by atoms with Gasteiger partial charge >= 0.3 is 0 Å². The fourth-order valence-electron chi connectivity index (χ4n) is 2.36. The average Bonchev–Trinajstić information content (AvgIpc) is 3.28. The SMILES string of the molecule is CC(C)(Oc1ccc(Cl)cc1)C(=O)N[C@H](c1ccsc1)c1cccs1. The molecule has 0 saturated carbocycles. The van der Waals surface area contributed by atoms with E-state index in [1.165, 1.54) is 0 Å². The lowest BCUT2D eigenvalue weighted by Crippen LogP contribution is -2.47. The standard InChI is InChI=1S/C19H18ClNO2S2/c1-19(2,23-15-7-5-14(20)6-8-15)18(22)21-17(13-9-11-24-12-13)16-4-3-10-25-16/h3-12,17H,1-2H3,(H,21,22)/t17-/m1/s1. The predicted octanol–water partition coefficient (Wildman–Crippen LogP) is 5.53. The van der Waals surface area contributed by atoms with Crippen LogP contribution in [-0.2, 0) is 4.79 Å². The third-order valence-electron chi connectivity index (χ3n) is 3.71. The van der Waals surface area contributed by atoms with Crippen molar-refractivity contribution in [3.63, 3.8) is 0 Å². The van der Waals surface area contributed by atoms with Gasteiger partial charge in [0.05, 0.1) is 6.04 Å². The molecule has 1 N–H and O–H groups in total. The number of carbonyl (C=O) groups is 1. The molecule has 130 valence electrons. The Balaban J connectivity index is 1.77. The van der Waals surface area contributed by atoms with Gasteiger partial charge in [0.25, 0.3) is 5.91 Å². The van der Waals surface area contributed by atoms with Gasteiger partial charge < -0.3 is 10.1 Å². The van der Waals surface area contributed by atoms with Crippen molar-refractivity contribution in [1.82, 2.24) is 5.32 Å². The maximum atomic E-state index is 12.9. The van der Waals surface area contributed by atoms with Crippen LogP contribution in [0.2, 0.25) is 5.02 Å². The molecule has 25 heavy (non-hydrogen) atoms. The molecule has 3 rings (SSSR count). The number of thiophene rings is 2. The zero-order valence-corrected chi connectivity index (χ0v) is 16.3. The van der Waals surface area contributed by atoms with Crippen LogP contribution in [0.15, 0.2) is 58.6 Å². The van der Waals surface area contributed by atoms with Crippen LogP contribution in [0.4, 0.5) is 0 Å². The topological polar surface area (TPSA) is 38.3 Å². The molecule has 0 spiro atoms. The Morgan fingerprint density at radius 3 is 2.52 bits per heavy atom. The number of benzene rings is 1. The molecule has 2 aromatic heterocycles. The van der Waals surface area contributed by atoms with Crippen molar-refractivity contribution in [1.29, 1.82) is 0 Å². The fourth-order valence-corrected chi connectivity index (χ4v) is 3.98. The highest BCUT2D eigenvalue weighted by Crippen LogP contribution is 2.29. The van der Waals surface area contributed by atoms with E-state index in [1.807, 2.05) is 29.0 Å².